The fraction of sp³-hybridized carbons (Fsp3) is 0.438. The van der Waals surface area contributed by atoms with Crippen molar-refractivity contribution in [2.45, 2.75) is 45.4 Å². The quantitative estimate of drug-likeness (QED) is 0.930. The lowest BCUT2D eigenvalue weighted by atomic mass is 9.96. The minimum Gasteiger partial charge on any atom is -0.300 e. The van der Waals surface area contributed by atoms with E-state index in [1.54, 1.807) is 0 Å². The van der Waals surface area contributed by atoms with Gasteiger partial charge in [-0.05, 0) is 12.0 Å². The average Bonchev–Trinajstić information content (AvgIpc) is 2.89. The highest BCUT2D eigenvalue weighted by Gasteiger charge is 2.23. The maximum absolute atomic E-state index is 12.4. The number of amides is 1. The monoisotopic (exact) mass is 303 g/mol. The molecule has 0 aliphatic carbocycles. The molecule has 1 aromatic heterocycles. The molecule has 0 saturated heterocycles. The molecule has 1 atom stereocenters. The topological polar surface area (TPSA) is 54.9 Å². The van der Waals surface area contributed by atoms with E-state index in [1.807, 2.05) is 37.3 Å². The van der Waals surface area contributed by atoms with E-state index in [2.05, 4.69) is 36.3 Å². The van der Waals surface area contributed by atoms with Gasteiger partial charge >= 0.3 is 0 Å². The van der Waals surface area contributed by atoms with Gasteiger partial charge in [0.05, 0.1) is 5.92 Å². The minimum atomic E-state index is -0.159. The van der Waals surface area contributed by atoms with Crippen molar-refractivity contribution in [3.05, 3.63) is 40.9 Å². The molecular formula is C16H21N3OS. The van der Waals surface area contributed by atoms with Gasteiger partial charge < -0.3 is 0 Å². The first kappa shape index (κ1) is 15.6. The first-order chi connectivity index (χ1) is 9.91. The molecule has 2 rings (SSSR count). The van der Waals surface area contributed by atoms with Crippen LogP contribution in [0, 0.1) is 0 Å². The normalized spacial score (nSPS) is 13.0. The number of anilines is 1. The van der Waals surface area contributed by atoms with Crippen LogP contribution in [-0.2, 0) is 10.2 Å². The van der Waals surface area contributed by atoms with Crippen LogP contribution >= 0.6 is 11.3 Å². The smallest absolute Gasteiger partial charge is 0.233 e. The molecule has 0 bridgehead atoms. The molecule has 1 unspecified atom stereocenters. The number of aromatic nitrogens is 2. The molecular weight excluding hydrogens is 282 g/mol. The SMILES string of the molecule is CCC(C(=O)Nc1nnc(C(C)(C)C)s1)c1ccccc1. The van der Waals surface area contributed by atoms with E-state index in [1.165, 1.54) is 11.3 Å². The maximum Gasteiger partial charge on any atom is 0.233 e. The third kappa shape index (κ3) is 3.88. The second-order valence-electron chi connectivity index (χ2n) is 6.02. The molecule has 1 N–H and O–H groups in total. The molecule has 112 valence electrons. The van der Waals surface area contributed by atoms with Crippen LogP contribution in [0.1, 0.15) is 50.6 Å². The number of nitrogens with one attached hydrogen (secondary N) is 1. The van der Waals surface area contributed by atoms with Gasteiger partial charge in [0.2, 0.25) is 11.0 Å². The first-order valence-electron chi connectivity index (χ1n) is 7.11. The second-order valence-corrected chi connectivity index (χ2v) is 7.00. The summed E-state index contributed by atoms with van der Waals surface area (Å²) in [5, 5.41) is 12.6. The number of rotatable bonds is 4. The number of carbonyl (C=O) groups is 1. The van der Waals surface area contributed by atoms with Crippen LogP contribution in [0.5, 0.6) is 0 Å². The zero-order valence-corrected chi connectivity index (χ0v) is 13.7. The van der Waals surface area contributed by atoms with Crippen molar-refractivity contribution in [2.24, 2.45) is 0 Å². The summed E-state index contributed by atoms with van der Waals surface area (Å²) in [7, 11) is 0. The lowest BCUT2D eigenvalue weighted by Gasteiger charge is -2.14. The van der Waals surface area contributed by atoms with E-state index >= 15 is 0 Å². The molecule has 2 aromatic rings. The lowest BCUT2D eigenvalue weighted by molar-refractivity contribution is -0.117. The van der Waals surface area contributed by atoms with Crippen LogP contribution in [0.4, 0.5) is 5.13 Å². The first-order valence-corrected chi connectivity index (χ1v) is 7.93. The van der Waals surface area contributed by atoms with Crippen molar-refractivity contribution >= 4 is 22.4 Å². The van der Waals surface area contributed by atoms with E-state index in [4.69, 9.17) is 0 Å². The summed E-state index contributed by atoms with van der Waals surface area (Å²) >= 11 is 1.44. The Labute approximate surface area is 129 Å². The summed E-state index contributed by atoms with van der Waals surface area (Å²) in [6.45, 7) is 8.26. The lowest BCUT2D eigenvalue weighted by Crippen LogP contribution is -2.20. The van der Waals surface area contributed by atoms with Crippen LogP contribution in [0.2, 0.25) is 0 Å². The summed E-state index contributed by atoms with van der Waals surface area (Å²) in [6.07, 6.45) is 0.751. The predicted molar refractivity (Wildman–Crippen MR) is 86.7 cm³/mol. The van der Waals surface area contributed by atoms with Crippen molar-refractivity contribution in [3.8, 4) is 0 Å². The molecule has 1 aromatic carbocycles. The maximum atomic E-state index is 12.4. The Hall–Kier alpha value is -1.75. The highest BCUT2D eigenvalue weighted by atomic mass is 32.1. The summed E-state index contributed by atoms with van der Waals surface area (Å²) in [4.78, 5) is 12.4. The van der Waals surface area contributed by atoms with Crippen molar-refractivity contribution in [2.75, 3.05) is 5.32 Å². The summed E-state index contributed by atoms with van der Waals surface area (Å²) in [5.74, 6) is -0.187. The Bertz CT molecular complexity index is 601. The molecule has 0 radical (unpaired) electrons. The minimum absolute atomic E-state index is 0.0275. The number of nitrogens with zero attached hydrogens (tertiary/aromatic N) is 2. The molecule has 5 heteroatoms. The number of hydrogen-bond acceptors (Lipinski definition) is 4. The Kier molecular flexibility index (Phi) is 4.73. The van der Waals surface area contributed by atoms with Crippen LogP contribution in [0.25, 0.3) is 0 Å². The van der Waals surface area contributed by atoms with E-state index in [9.17, 15) is 4.79 Å². The molecule has 0 fully saturated rings. The summed E-state index contributed by atoms with van der Waals surface area (Å²) in [5.41, 5.74) is 0.975. The van der Waals surface area contributed by atoms with E-state index < -0.39 is 0 Å². The van der Waals surface area contributed by atoms with E-state index in [0.29, 0.717) is 5.13 Å². The molecule has 0 aliphatic heterocycles. The molecule has 1 amide bonds. The molecule has 21 heavy (non-hydrogen) atoms. The Morgan fingerprint density at radius 3 is 2.43 bits per heavy atom. The molecule has 4 nitrogen and oxygen atoms in total. The highest BCUT2D eigenvalue weighted by Crippen LogP contribution is 2.29. The fourth-order valence-electron chi connectivity index (χ4n) is 2.03. The largest absolute Gasteiger partial charge is 0.300 e. The number of hydrogen-bond donors (Lipinski definition) is 1. The van der Waals surface area contributed by atoms with E-state index in [0.717, 1.165) is 17.0 Å². The van der Waals surface area contributed by atoms with Gasteiger partial charge in [0.25, 0.3) is 0 Å². The van der Waals surface area contributed by atoms with Crippen LogP contribution in [-0.4, -0.2) is 16.1 Å². The third-order valence-electron chi connectivity index (χ3n) is 3.22. The number of benzene rings is 1. The molecule has 0 spiro atoms. The standard InChI is InChI=1S/C16H21N3OS/c1-5-12(11-9-7-6-8-10-11)13(20)17-15-19-18-14(21-15)16(2,3)4/h6-10,12H,5H2,1-4H3,(H,17,19,20). The zero-order chi connectivity index (χ0) is 15.5. The van der Waals surface area contributed by atoms with Crippen molar-refractivity contribution < 1.29 is 4.79 Å². The Morgan fingerprint density at radius 2 is 1.90 bits per heavy atom. The van der Waals surface area contributed by atoms with Gasteiger partial charge in [-0.2, -0.15) is 0 Å². The fourth-order valence-corrected chi connectivity index (χ4v) is 2.83. The van der Waals surface area contributed by atoms with Crippen LogP contribution in [0.15, 0.2) is 30.3 Å². The van der Waals surface area contributed by atoms with Gasteiger partial charge in [0, 0.05) is 5.41 Å². The highest BCUT2D eigenvalue weighted by molar-refractivity contribution is 7.15. The second kappa shape index (κ2) is 6.35. The third-order valence-corrected chi connectivity index (χ3v) is 4.49. The van der Waals surface area contributed by atoms with Gasteiger partial charge in [-0.15, -0.1) is 10.2 Å². The van der Waals surface area contributed by atoms with E-state index in [-0.39, 0.29) is 17.2 Å². The predicted octanol–water partition coefficient (Wildman–Crippen LogP) is 3.97. The Balaban J connectivity index is 2.11. The summed E-state index contributed by atoms with van der Waals surface area (Å²) in [6, 6.07) is 9.82. The Morgan fingerprint density at radius 1 is 1.24 bits per heavy atom. The molecule has 0 aliphatic rings. The van der Waals surface area contributed by atoms with Gasteiger partial charge in [0.15, 0.2) is 0 Å². The summed E-state index contributed by atoms with van der Waals surface area (Å²) < 4.78 is 0. The van der Waals surface area contributed by atoms with Gasteiger partial charge in [-0.1, -0.05) is 69.4 Å². The van der Waals surface area contributed by atoms with Gasteiger partial charge in [-0.25, -0.2) is 0 Å². The van der Waals surface area contributed by atoms with Gasteiger partial charge in [-0.3, -0.25) is 10.1 Å². The van der Waals surface area contributed by atoms with Crippen LogP contribution < -0.4 is 5.32 Å². The van der Waals surface area contributed by atoms with Crippen molar-refractivity contribution in [3.63, 3.8) is 0 Å². The van der Waals surface area contributed by atoms with Crippen molar-refractivity contribution in [1.29, 1.82) is 0 Å². The molecule has 1 heterocycles. The zero-order valence-electron chi connectivity index (χ0n) is 12.9. The number of carbonyl (C=O) groups excluding carboxylic acids is 1. The molecule has 0 saturated carbocycles. The van der Waals surface area contributed by atoms with Crippen molar-refractivity contribution in [1.82, 2.24) is 10.2 Å². The average molecular weight is 303 g/mol. The van der Waals surface area contributed by atoms with Gasteiger partial charge in [0.1, 0.15) is 5.01 Å². The van der Waals surface area contributed by atoms with Crippen LogP contribution in [0.3, 0.4) is 0 Å².